The van der Waals surface area contributed by atoms with E-state index in [4.69, 9.17) is 0 Å². The molecule has 1 N–H and O–H groups in total. The highest BCUT2D eigenvalue weighted by atomic mass is 79.9. The molecule has 2 rings (SSSR count). The predicted molar refractivity (Wildman–Crippen MR) is 87.3 cm³/mol. The van der Waals surface area contributed by atoms with Crippen molar-refractivity contribution in [3.8, 4) is 0 Å². The van der Waals surface area contributed by atoms with Crippen molar-refractivity contribution in [3.63, 3.8) is 0 Å². The van der Waals surface area contributed by atoms with Crippen molar-refractivity contribution >= 4 is 15.9 Å². The Balaban J connectivity index is 2.31. The lowest BCUT2D eigenvalue weighted by atomic mass is 9.99. The maximum atomic E-state index is 10.6. The van der Waals surface area contributed by atoms with Crippen LogP contribution in [0.3, 0.4) is 0 Å². The molecule has 2 aromatic rings. The normalized spacial score (nSPS) is 12.6. The average Bonchev–Trinajstić information content (AvgIpc) is 2.83. The molecule has 0 bridgehead atoms. The van der Waals surface area contributed by atoms with Gasteiger partial charge in [-0.05, 0) is 52.9 Å². The van der Waals surface area contributed by atoms with Crippen LogP contribution >= 0.6 is 15.9 Å². The summed E-state index contributed by atoms with van der Waals surface area (Å²) in [5.74, 6) is 0. The Kier molecular flexibility index (Phi) is 5.53. The summed E-state index contributed by atoms with van der Waals surface area (Å²) >= 11 is 3.63. The minimum atomic E-state index is -0.536. The highest BCUT2D eigenvalue weighted by Crippen LogP contribution is 2.28. The number of halogens is 1. The van der Waals surface area contributed by atoms with Crippen molar-refractivity contribution in [3.05, 3.63) is 45.4 Å². The summed E-state index contributed by atoms with van der Waals surface area (Å²) in [6.07, 6.45) is 5.34. The van der Waals surface area contributed by atoms with E-state index in [1.54, 1.807) is 6.20 Å². The van der Waals surface area contributed by atoms with E-state index in [-0.39, 0.29) is 0 Å². The number of rotatable bonds is 6. The smallest absolute Gasteiger partial charge is 0.0849 e. The molecule has 2 heterocycles. The van der Waals surface area contributed by atoms with E-state index in [1.165, 1.54) is 0 Å². The quantitative estimate of drug-likeness (QED) is 0.866. The maximum absolute atomic E-state index is 10.6. The molecule has 0 fully saturated rings. The van der Waals surface area contributed by atoms with Crippen LogP contribution in [0.15, 0.2) is 22.9 Å². The number of aliphatic hydroxyl groups is 1. The number of hydrogen-bond acceptors (Lipinski definition) is 3. The first-order valence-corrected chi connectivity index (χ1v) is 8.26. The van der Waals surface area contributed by atoms with Crippen LogP contribution in [0.4, 0.5) is 0 Å². The molecule has 0 radical (unpaired) electrons. The lowest BCUT2D eigenvalue weighted by Crippen LogP contribution is -2.10. The van der Waals surface area contributed by atoms with Gasteiger partial charge in [0.2, 0.25) is 0 Å². The first-order chi connectivity index (χ1) is 10.1. The molecule has 114 valence electrons. The maximum Gasteiger partial charge on any atom is 0.0849 e. The average molecular weight is 352 g/mol. The molecule has 0 amide bonds. The Morgan fingerprint density at radius 2 is 2.05 bits per heavy atom. The molecule has 0 aromatic carbocycles. The highest BCUT2D eigenvalue weighted by molar-refractivity contribution is 9.10. The summed E-state index contributed by atoms with van der Waals surface area (Å²) in [5.41, 5.74) is 4.16. The second-order valence-electron chi connectivity index (χ2n) is 5.02. The van der Waals surface area contributed by atoms with Crippen LogP contribution in [0.2, 0.25) is 0 Å². The predicted octanol–water partition coefficient (Wildman–Crippen LogP) is 3.46. The number of aromatic nitrogens is 3. The number of aryl methyl sites for hydroxylation is 3. The van der Waals surface area contributed by atoms with Crippen molar-refractivity contribution in [2.75, 3.05) is 0 Å². The van der Waals surface area contributed by atoms with E-state index < -0.39 is 6.10 Å². The van der Waals surface area contributed by atoms with Gasteiger partial charge >= 0.3 is 0 Å². The zero-order valence-corrected chi connectivity index (χ0v) is 14.4. The van der Waals surface area contributed by atoms with Gasteiger partial charge in [0.05, 0.1) is 22.0 Å². The van der Waals surface area contributed by atoms with Crippen LogP contribution in [0, 0.1) is 0 Å². The second-order valence-corrected chi connectivity index (χ2v) is 5.82. The van der Waals surface area contributed by atoms with E-state index in [2.05, 4.69) is 46.8 Å². The fourth-order valence-corrected chi connectivity index (χ4v) is 3.29. The number of nitrogens with zero attached hydrogens (tertiary/aromatic N) is 3. The fraction of sp³-hybridized carbons (Fsp3) is 0.500. The summed E-state index contributed by atoms with van der Waals surface area (Å²) < 4.78 is 3.00. The number of hydrogen-bond donors (Lipinski definition) is 1. The van der Waals surface area contributed by atoms with E-state index in [1.807, 2.05) is 16.9 Å². The van der Waals surface area contributed by atoms with E-state index in [0.29, 0.717) is 6.42 Å². The number of pyridine rings is 1. The Labute approximate surface area is 134 Å². The fourth-order valence-electron chi connectivity index (χ4n) is 2.56. The molecular formula is C16H22BrN3O. The van der Waals surface area contributed by atoms with Crippen molar-refractivity contribution in [1.82, 2.24) is 14.8 Å². The van der Waals surface area contributed by atoms with E-state index in [0.717, 1.165) is 46.4 Å². The first-order valence-electron chi connectivity index (χ1n) is 7.47. The lowest BCUT2D eigenvalue weighted by Gasteiger charge is -2.15. The summed E-state index contributed by atoms with van der Waals surface area (Å²) in [6, 6.07) is 1.91. The van der Waals surface area contributed by atoms with Crippen molar-refractivity contribution in [2.24, 2.45) is 0 Å². The molecule has 21 heavy (non-hydrogen) atoms. The second kappa shape index (κ2) is 7.18. The monoisotopic (exact) mass is 351 g/mol. The van der Waals surface area contributed by atoms with E-state index >= 15 is 0 Å². The van der Waals surface area contributed by atoms with Gasteiger partial charge in [0.25, 0.3) is 0 Å². The van der Waals surface area contributed by atoms with Gasteiger partial charge in [-0.25, -0.2) is 0 Å². The summed E-state index contributed by atoms with van der Waals surface area (Å²) in [7, 11) is 0. The van der Waals surface area contributed by atoms with Gasteiger partial charge in [-0.2, -0.15) is 5.10 Å². The summed E-state index contributed by atoms with van der Waals surface area (Å²) in [5, 5.41) is 15.2. The Morgan fingerprint density at radius 1 is 1.29 bits per heavy atom. The van der Waals surface area contributed by atoms with Crippen molar-refractivity contribution in [2.45, 2.75) is 52.7 Å². The van der Waals surface area contributed by atoms with Gasteiger partial charge in [-0.3, -0.25) is 9.67 Å². The SMILES string of the molecule is CCc1cnccc1C(O)Cc1c(Br)c(CC)nn1CC. The Morgan fingerprint density at radius 3 is 2.67 bits per heavy atom. The molecule has 0 saturated heterocycles. The third-order valence-corrected chi connectivity index (χ3v) is 4.68. The molecule has 0 aliphatic heterocycles. The Hall–Kier alpha value is -1.20. The molecule has 1 unspecified atom stereocenters. The van der Waals surface area contributed by atoms with Crippen LogP contribution in [0.25, 0.3) is 0 Å². The highest BCUT2D eigenvalue weighted by Gasteiger charge is 2.19. The van der Waals surface area contributed by atoms with Crippen LogP contribution in [-0.4, -0.2) is 19.9 Å². The molecule has 4 nitrogen and oxygen atoms in total. The lowest BCUT2D eigenvalue weighted by molar-refractivity contribution is 0.174. The van der Waals surface area contributed by atoms with Gasteiger partial charge in [-0.15, -0.1) is 0 Å². The zero-order valence-electron chi connectivity index (χ0n) is 12.8. The molecule has 1 atom stereocenters. The summed E-state index contributed by atoms with van der Waals surface area (Å²) in [4.78, 5) is 4.14. The topological polar surface area (TPSA) is 50.9 Å². The molecule has 0 spiro atoms. The van der Waals surface area contributed by atoms with Gasteiger partial charge in [-0.1, -0.05) is 13.8 Å². The van der Waals surface area contributed by atoms with Crippen LogP contribution < -0.4 is 0 Å². The van der Waals surface area contributed by atoms with E-state index in [9.17, 15) is 5.11 Å². The van der Waals surface area contributed by atoms with Gasteiger partial charge < -0.3 is 5.11 Å². The van der Waals surface area contributed by atoms with Crippen LogP contribution in [-0.2, 0) is 25.8 Å². The molecular weight excluding hydrogens is 330 g/mol. The zero-order chi connectivity index (χ0) is 15.4. The third kappa shape index (κ3) is 3.35. The molecule has 0 aliphatic carbocycles. The molecule has 5 heteroatoms. The van der Waals surface area contributed by atoms with Crippen LogP contribution in [0.5, 0.6) is 0 Å². The standard InChI is InChI=1S/C16H22BrN3O/c1-4-11-10-18-8-7-12(11)15(21)9-14-16(17)13(5-2)19-20(14)6-3/h7-8,10,15,21H,4-6,9H2,1-3H3. The molecule has 2 aromatic heterocycles. The Bertz CT molecular complexity index is 610. The molecule has 0 saturated carbocycles. The minimum absolute atomic E-state index is 0.536. The molecule has 0 aliphatic rings. The largest absolute Gasteiger partial charge is 0.388 e. The number of aliphatic hydroxyl groups excluding tert-OH is 1. The van der Waals surface area contributed by atoms with Gasteiger partial charge in [0, 0.05) is 25.4 Å². The van der Waals surface area contributed by atoms with Crippen molar-refractivity contribution < 1.29 is 5.11 Å². The van der Waals surface area contributed by atoms with Gasteiger partial charge in [0.15, 0.2) is 0 Å². The van der Waals surface area contributed by atoms with Gasteiger partial charge in [0.1, 0.15) is 0 Å². The third-order valence-electron chi connectivity index (χ3n) is 3.76. The summed E-state index contributed by atoms with van der Waals surface area (Å²) in [6.45, 7) is 7.04. The van der Waals surface area contributed by atoms with Crippen LogP contribution in [0.1, 0.15) is 49.4 Å². The van der Waals surface area contributed by atoms with Crippen molar-refractivity contribution in [1.29, 1.82) is 0 Å². The first kappa shape index (κ1) is 16.2. The minimum Gasteiger partial charge on any atom is -0.388 e.